The molecule has 1 aromatic heterocycles. The van der Waals surface area contributed by atoms with E-state index in [-0.39, 0.29) is 5.41 Å². The van der Waals surface area contributed by atoms with Crippen LogP contribution in [0.2, 0.25) is 0 Å². The molecule has 0 aliphatic carbocycles. The summed E-state index contributed by atoms with van der Waals surface area (Å²) in [4.78, 5) is 4.56. The highest BCUT2D eigenvalue weighted by Gasteiger charge is 2.38. The standard InChI is InChI=1S/C14H16BrN3O2/c15-11-4-2-1-3-10(11)12-17-13(20-18-12)14(9-16)5-7-19-8-6-14/h1-4H,5-9,16H2. The maximum Gasteiger partial charge on any atom is 0.234 e. The molecule has 1 saturated heterocycles. The Bertz CT molecular complexity index is 594. The third-order valence-electron chi connectivity index (χ3n) is 3.84. The number of nitrogens with zero attached hydrogens (tertiary/aromatic N) is 2. The Balaban J connectivity index is 1.95. The van der Waals surface area contributed by atoms with Crippen molar-refractivity contribution in [1.82, 2.24) is 10.1 Å². The normalized spacial score (nSPS) is 18.1. The second kappa shape index (κ2) is 5.63. The average molecular weight is 338 g/mol. The molecule has 0 atom stereocenters. The summed E-state index contributed by atoms with van der Waals surface area (Å²) < 4.78 is 11.8. The first-order valence-electron chi connectivity index (χ1n) is 6.62. The van der Waals surface area contributed by atoms with Crippen LogP contribution in [0.3, 0.4) is 0 Å². The van der Waals surface area contributed by atoms with Crippen LogP contribution in [0, 0.1) is 0 Å². The zero-order valence-corrected chi connectivity index (χ0v) is 12.6. The van der Waals surface area contributed by atoms with Crippen molar-refractivity contribution in [3.05, 3.63) is 34.6 Å². The van der Waals surface area contributed by atoms with Crippen molar-refractivity contribution in [3.63, 3.8) is 0 Å². The number of benzene rings is 1. The number of rotatable bonds is 3. The zero-order valence-electron chi connectivity index (χ0n) is 11.0. The third kappa shape index (κ3) is 2.39. The quantitative estimate of drug-likeness (QED) is 0.931. The molecule has 1 aliphatic rings. The number of aromatic nitrogens is 2. The van der Waals surface area contributed by atoms with Gasteiger partial charge in [-0.3, -0.25) is 0 Å². The first-order valence-corrected chi connectivity index (χ1v) is 7.41. The molecule has 5 nitrogen and oxygen atoms in total. The van der Waals surface area contributed by atoms with E-state index >= 15 is 0 Å². The zero-order chi connectivity index (χ0) is 14.0. The fraction of sp³-hybridized carbons (Fsp3) is 0.429. The maximum absolute atomic E-state index is 5.96. The van der Waals surface area contributed by atoms with E-state index in [1.54, 1.807) is 0 Å². The third-order valence-corrected chi connectivity index (χ3v) is 4.53. The highest BCUT2D eigenvalue weighted by atomic mass is 79.9. The van der Waals surface area contributed by atoms with Gasteiger partial charge in [-0.05, 0) is 25.0 Å². The number of ether oxygens (including phenoxy) is 1. The van der Waals surface area contributed by atoms with E-state index in [1.165, 1.54) is 0 Å². The van der Waals surface area contributed by atoms with Crippen LogP contribution in [-0.2, 0) is 10.2 Å². The van der Waals surface area contributed by atoms with Crippen LogP contribution in [0.4, 0.5) is 0 Å². The fourth-order valence-electron chi connectivity index (χ4n) is 2.46. The van der Waals surface area contributed by atoms with Gasteiger partial charge in [-0.2, -0.15) is 4.98 Å². The minimum atomic E-state index is -0.245. The average Bonchev–Trinajstić information content (AvgIpc) is 2.98. The molecule has 0 amide bonds. The highest BCUT2D eigenvalue weighted by Crippen LogP contribution is 2.34. The summed E-state index contributed by atoms with van der Waals surface area (Å²) in [6.45, 7) is 1.86. The van der Waals surface area contributed by atoms with Crippen LogP contribution in [-0.4, -0.2) is 29.9 Å². The van der Waals surface area contributed by atoms with Crippen molar-refractivity contribution in [2.45, 2.75) is 18.3 Å². The highest BCUT2D eigenvalue weighted by molar-refractivity contribution is 9.10. The molecule has 0 spiro atoms. The van der Waals surface area contributed by atoms with Gasteiger partial charge in [-0.15, -0.1) is 0 Å². The fourth-order valence-corrected chi connectivity index (χ4v) is 2.92. The molecule has 6 heteroatoms. The molecule has 0 radical (unpaired) electrons. The molecule has 1 aliphatic heterocycles. The number of hydrogen-bond donors (Lipinski definition) is 1. The minimum absolute atomic E-state index is 0.245. The van der Waals surface area contributed by atoms with Crippen molar-refractivity contribution in [1.29, 1.82) is 0 Å². The summed E-state index contributed by atoms with van der Waals surface area (Å²) in [5.74, 6) is 1.21. The van der Waals surface area contributed by atoms with Crippen LogP contribution in [0.1, 0.15) is 18.7 Å². The van der Waals surface area contributed by atoms with E-state index in [2.05, 4.69) is 26.1 Å². The van der Waals surface area contributed by atoms with Crippen molar-refractivity contribution in [2.24, 2.45) is 5.73 Å². The Labute approximate surface area is 125 Å². The van der Waals surface area contributed by atoms with E-state index < -0.39 is 0 Å². The van der Waals surface area contributed by atoms with E-state index in [1.807, 2.05) is 24.3 Å². The monoisotopic (exact) mass is 337 g/mol. The Hall–Kier alpha value is -1.24. The summed E-state index contributed by atoms with van der Waals surface area (Å²) in [6, 6.07) is 7.81. The summed E-state index contributed by atoms with van der Waals surface area (Å²) in [5, 5.41) is 4.10. The molecule has 0 bridgehead atoms. The Kier molecular flexibility index (Phi) is 3.87. The molecule has 1 fully saturated rings. The van der Waals surface area contributed by atoms with Gasteiger partial charge in [0.05, 0.1) is 5.41 Å². The summed E-state index contributed by atoms with van der Waals surface area (Å²) in [5.41, 5.74) is 6.63. The number of nitrogens with two attached hydrogens (primary N) is 1. The lowest BCUT2D eigenvalue weighted by Gasteiger charge is -2.32. The lowest BCUT2D eigenvalue weighted by atomic mass is 9.80. The lowest BCUT2D eigenvalue weighted by molar-refractivity contribution is 0.0409. The largest absolute Gasteiger partial charge is 0.381 e. The van der Waals surface area contributed by atoms with Gasteiger partial charge in [0.2, 0.25) is 11.7 Å². The van der Waals surface area contributed by atoms with Crippen LogP contribution >= 0.6 is 15.9 Å². The predicted molar refractivity (Wildman–Crippen MR) is 78.2 cm³/mol. The first kappa shape index (κ1) is 13.7. The van der Waals surface area contributed by atoms with Crippen molar-refractivity contribution >= 4 is 15.9 Å². The van der Waals surface area contributed by atoms with Gasteiger partial charge in [0, 0.05) is 29.8 Å². The van der Waals surface area contributed by atoms with Gasteiger partial charge in [-0.25, -0.2) is 0 Å². The van der Waals surface area contributed by atoms with Gasteiger partial charge < -0.3 is 15.0 Å². The Morgan fingerprint density at radius 3 is 2.70 bits per heavy atom. The van der Waals surface area contributed by atoms with E-state index in [0.717, 1.165) is 22.9 Å². The second-order valence-electron chi connectivity index (χ2n) is 5.00. The van der Waals surface area contributed by atoms with Crippen LogP contribution in [0.15, 0.2) is 33.3 Å². The second-order valence-corrected chi connectivity index (χ2v) is 5.85. The minimum Gasteiger partial charge on any atom is -0.381 e. The molecule has 106 valence electrons. The Morgan fingerprint density at radius 1 is 1.25 bits per heavy atom. The molecule has 1 aromatic carbocycles. The molecule has 3 rings (SSSR count). The van der Waals surface area contributed by atoms with Crippen LogP contribution < -0.4 is 5.73 Å². The molecule has 2 N–H and O–H groups in total. The van der Waals surface area contributed by atoms with Crippen LogP contribution in [0.5, 0.6) is 0 Å². The van der Waals surface area contributed by atoms with Gasteiger partial charge >= 0.3 is 0 Å². The first-order chi connectivity index (χ1) is 9.75. The SMILES string of the molecule is NCC1(c2nc(-c3ccccc3Br)no2)CCOCC1. The molecule has 0 unspecified atom stereocenters. The molecule has 2 aromatic rings. The smallest absolute Gasteiger partial charge is 0.234 e. The molecular weight excluding hydrogens is 322 g/mol. The molecule has 2 heterocycles. The predicted octanol–water partition coefficient (Wildman–Crippen LogP) is 2.51. The van der Waals surface area contributed by atoms with E-state index in [0.29, 0.717) is 31.5 Å². The van der Waals surface area contributed by atoms with Crippen molar-refractivity contribution < 1.29 is 9.26 Å². The van der Waals surface area contributed by atoms with Crippen molar-refractivity contribution in [3.8, 4) is 11.4 Å². The Morgan fingerprint density at radius 2 is 2.00 bits per heavy atom. The molecule has 20 heavy (non-hydrogen) atoms. The number of hydrogen-bond acceptors (Lipinski definition) is 5. The van der Waals surface area contributed by atoms with E-state index in [9.17, 15) is 0 Å². The lowest BCUT2D eigenvalue weighted by Crippen LogP contribution is -2.40. The van der Waals surface area contributed by atoms with Gasteiger partial charge in [0.15, 0.2) is 0 Å². The maximum atomic E-state index is 5.96. The van der Waals surface area contributed by atoms with Gasteiger partial charge in [0.1, 0.15) is 0 Å². The van der Waals surface area contributed by atoms with E-state index in [4.69, 9.17) is 15.0 Å². The van der Waals surface area contributed by atoms with Gasteiger partial charge in [0.25, 0.3) is 0 Å². The molecular formula is C14H16BrN3O2. The van der Waals surface area contributed by atoms with Crippen molar-refractivity contribution in [2.75, 3.05) is 19.8 Å². The number of halogens is 1. The molecule has 0 saturated carbocycles. The summed E-state index contributed by atoms with van der Waals surface area (Å²) >= 11 is 3.50. The van der Waals surface area contributed by atoms with Gasteiger partial charge in [-0.1, -0.05) is 33.2 Å². The summed E-state index contributed by atoms with van der Waals surface area (Å²) in [7, 11) is 0. The summed E-state index contributed by atoms with van der Waals surface area (Å²) in [6.07, 6.45) is 1.64. The van der Waals surface area contributed by atoms with Crippen LogP contribution in [0.25, 0.3) is 11.4 Å². The topological polar surface area (TPSA) is 74.2 Å².